The maximum absolute atomic E-state index is 5.71. The third kappa shape index (κ3) is 2.96. The molecule has 0 bridgehead atoms. The minimum Gasteiger partial charge on any atom is -0.309 e. The Kier molecular flexibility index (Phi) is 4.35. The lowest BCUT2D eigenvalue weighted by Gasteiger charge is -2.09. The van der Waals surface area contributed by atoms with E-state index in [1.165, 1.54) is 0 Å². The first-order chi connectivity index (χ1) is 6.65. The van der Waals surface area contributed by atoms with Gasteiger partial charge in [0.15, 0.2) is 0 Å². The Labute approximate surface area is 89.8 Å². The van der Waals surface area contributed by atoms with E-state index in [9.17, 15) is 0 Å². The molecule has 14 heavy (non-hydrogen) atoms. The lowest BCUT2D eigenvalue weighted by molar-refractivity contribution is 0.377. The number of hydrogen-bond acceptors (Lipinski definition) is 3. The number of halogens is 1. The van der Waals surface area contributed by atoms with Crippen LogP contribution in [0.2, 0.25) is 0 Å². The van der Waals surface area contributed by atoms with Gasteiger partial charge in [-0.3, -0.25) is 0 Å². The van der Waals surface area contributed by atoms with E-state index >= 15 is 0 Å². The smallest absolute Gasteiger partial charge is 0.100 e. The Balaban J connectivity index is 2.46. The summed E-state index contributed by atoms with van der Waals surface area (Å²) in [5.74, 6) is 0.444. The highest BCUT2D eigenvalue weighted by molar-refractivity contribution is 6.16. The number of nitrogens with zero attached hydrogens (tertiary/aromatic N) is 4. The van der Waals surface area contributed by atoms with Gasteiger partial charge in [-0.1, -0.05) is 5.21 Å². The van der Waals surface area contributed by atoms with Crippen LogP contribution in [0.1, 0.15) is 17.8 Å². The molecule has 0 fully saturated rings. The average molecular weight is 217 g/mol. The highest BCUT2D eigenvalue weighted by atomic mass is 35.5. The van der Waals surface area contributed by atoms with E-state index in [0.717, 1.165) is 30.9 Å². The predicted molar refractivity (Wildman–Crippen MR) is 57.5 cm³/mol. The van der Waals surface area contributed by atoms with E-state index in [4.69, 9.17) is 11.6 Å². The number of aryl methyl sites for hydroxylation is 1. The van der Waals surface area contributed by atoms with Gasteiger partial charge in [0.2, 0.25) is 0 Å². The number of aromatic nitrogens is 3. The fourth-order valence-corrected chi connectivity index (χ4v) is 1.52. The molecule has 0 aliphatic carbocycles. The van der Waals surface area contributed by atoms with E-state index in [1.807, 2.05) is 11.6 Å². The third-order valence-electron chi connectivity index (χ3n) is 2.18. The topological polar surface area (TPSA) is 34.0 Å². The zero-order valence-electron chi connectivity index (χ0n) is 9.00. The second kappa shape index (κ2) is 5.32. The van der Waals surface area contributed by atoms with Crippen LogP contribution in [-0.2, 0) is 12.4 Å². The van der Waals surface area contributed by atoms with Gasteiger partial charge in [-0.15, -0.1) is 16.7 Å². The van der Waals surface area contributed by atoms with Crippen LogP contribution in [0.15, 0.2) is 0 Å². The third-order valence-corrected chi connectivity index (χ3v) is 2.43. The van der Waals surface area contributed by atoms with E-state index in [2.05, 4.69) is 29.3 Å². The molecule has 0 unspecified atom stereocenters. The summed E-state index contributed by atoms with van der Waals surface area (Å²) in [7, 11) is 4.14. The quantitative estimate of drug-likeness (QED) is 0.696. The number of rotatable bonds is 5. The van der Waals surface area contributed by atoms with Crippen molar-refractivity contribution in [3.63, 3.8) is 0 Å². The summed E-state index contributed by atoms with van der Waals surface area (Å²) in [6.07, 6.45) is 1.08. The zero-order chi connectivity index (χ0) is 10.6. The molecule has 5 heteroatoms. The Bertz CT molecular complexity index is 282. The van der Waals surface area contributed by atoms with Crippen molar-refractivity contribution in [1.82, 2.24) is 19.9 Å². The monoisotopic (exact) mass is 216 g/mol. The van der Waals surface area contributed by atoms with Crippen LogP contribution >= 0.6 is 11.6 Å². The molecule has 0 spiro atoms. The number of alkyl halides is 1. The molecule has 1 heterocycles. The first-order valence-corrected chi connectivity index (χ1v) is 5.28. The Morgan fingerprint density at radius 3 is 2.64 bits per heavy atom. The van der Waals surface area contributed by atoms with Gasteiger partial charge in [-0.2, -0.15) is 0 Å². The summed E-state index contributed by atoms with van der Waals surface area (Å²) < 4.78 is 1.92. The van der Waals surface area contributed by atoms with Crippen molar-refractivity contribution in [2.75, 3.05) is 20.6 Å². The van der Waals surface area contributed by atoms with Crippen molar-refractivity contribution in [3.05, 3.63) is 11.4 Å². The molecule has 0 aromatic carbocycles. The van der Waals surface area contributed by atoms with Crippen LogP contribution in [0.25, 0.3) is 0 Å². The van der Waals surface area contributed by atoms with Crippen molar-refractivity contribution in [2.24, 2.45) is 0 Å². The van der Waals surface area contributed by atoms with Crippen LogP contribution < -0.4 is 0 Å². The molecule has 0 aliphatic rings. The van der Waals surface area contributed by atoms with Crippen LogP contribution in [0.4, 0.5) is 0 Å². The second-order valence-electron chi connectivity index (χ2n) is 3.64. The highest BCUT2D eigenvalue weighted by Gasteiger charge is 2.06. The average Bonchev–Trinajstić information content (AvgIpc) is 2.47. The van der Waals surface area contributed by atoms with Crippen molar-refractivity contribution < 1.29 is 0 Å². The molecule has 0 amide bonds. The predicted octanol–water partition coefficient (Wildman–Crippen LogP) is 1.28. The van der Waals surface area contributed by atoms with Crippen LogP contribution in [-0.4, -0.2) is 40.5 Å². The van der Waals surface area contributed by atoms with Gasteiger partial charge in [-0.05, 0) is 34.0 Å². The molecule has 80 valence electrons. The van der Waals surface area contributed by atoms with Crippen LogP contribution in [0.3, 0.4) is 0 Å². The minimum atomic E-state index is 0.444. The molecule has 0 aliphatic heterocycles. The normalized spacial score (nSPS) is 11.2. The summed E-state index contributed by atoms with van der Waals surface area (Å²) >= 11 is 5.71. The molecule has 0 saturated carbocycles. The highest BCUT2D eigenvalue weighted by Crippen LogP contribution is 2.06. The van der Waals surface area contributed by atoms with Gasteiger partial charge >= 0.3 is 0 Å². The molecule has 4 nitrogen and oxygen atoms in total. The molecule has 0 saturated heterocycles. The molecule has 1 rings (SSSR count). The minimum absolute atomic E-state index is 0.444. The number of hydrogen-bond donors (Lipinski definition) is 0. The van der Waals surface area contributed by atoms with Gasteiger partial charge in [-0.25, -0.2) is 4.68 Å². The SMILES string of the molecule is Cc1c(CCl)nnn1CCCN(C)C. The van der Waals surface area contributed by atoms with Gasteiger partial charge < -0.3 is 4.90 Å². The summed E-state index contributed by atoms with van der Waals surface area (Å²) in [6.45, 7) is 3.98. The van der Waals surface area contributed by atoms with Crippen molar-refractivity contribution in [1.29, 1.82) is 0 Å². The molecule has 0 N–H and O–H groups in total. The van der Waals surface area contributed by atoms with Gasteiger partial charge in [0.1, 0.15) is 5.69 Å². The summed E-state index contributed by atoms with van der Waals surface area (Å²) in [4.78, 5) is 2.16. The van der Waals surface area contributed by atoms with Crippen LogP contribution in [0.5, 0.6) is 0 Å². The Hall–Kier alpha value is -0.610. The van der Waals surface area contributed by atoms with E-state index in [-0.39, 0.29) is 0 Å². The molecule has 1 aromatic rings. The molecular weight excluding hydrogens is 200 g/mol. The lowest BCUT2D eigenvalue weighted by Crippen LogP contribution is -2.15. The summed E-state index contributed by atoms with van der Waals surface area (Å²) in [5.41, 5.74) is 1.97. The Morgan fingerprint density at radius 2 is 2.14 bits per heavy atom. The summed E-state index contributed by atoms with van der Waals surface area (Å²) in [5, 5.41) is 8.05. The first kappa shape index (κ1) is 11.5. The molecule has 1 aromatic heterocycles. The largest absolute Gasteiger partial charge is 0.309 e. The lowest BCUT2D eigenvalue weighted by atomic mass is 10.3. The Morgan fingerprint density at radius 1 is 1.43 bits per heavy atom. The summed E-state index contributed by atoms with van der Waals surface area (Å²) in [6, 6.07) is 0. The van der Waals surface area contributed by atoms with E-state index < -0.39 is 0 Å². The zero-order valence-corrected chi connectivity index (χ0v) is 9.75. The van der Waals surface area contributed by atoms with Crippen LogP contribution in [0, 0.1) is 6.92 Å². The van der Waals surface area contributed by atoms with Gasteiger partial charge in [0.25, 0.3) is 0 Å². The standard InChI is InChI=1S/C9H17ClN4/c1-8-9(7-10)11-12-14(8)6-4-5-13(2)3/h4-7H2,1-3H3. The van der Waals surface area contributed by atoms with Gasteiger partial charge in [0, 0.05) is 6.54 Å². The van der Waals surface area contributed by atoms with E-state index in [0.29, 0.717) is 5.88 Å². The first-order valence-electron chi connectivity index (χ1n) is 4.74. The molecular formula is C9H17ClN4. The fraction of sp³-hybridized carbons (Fsp3) is 0.778. The molecule has 0 atom stereocenters. The fourth-order valence-electron chi connectivity index (χ4n) is 1.27. The second-order valence-corrected chi connectivity index (χ2v) is 3.90. The van der Waals surface area contributed by atoms with Crippen molar-refractivity contribution >= 4 is 11.6 Å². The van der Waals surface area contributed by atoms with E-state index in [1.54, 1.807) is 0 Å². The van der Waals surface area contributed by atoms with Gasteiger partial charge in [0.05, 0.1) is 11.6 Å². The maximum Gasteiger partial charge on any atom is 0.100 e. The van der Waals surface area contributed by atoms with Crippen molar-refractivity contribution in [3.8, 4) is 0 Å². The molecule has 0 radical (unpaired) electrons. The van der Waals surface area contributed by atoms with Crippen molar-refractivity contribution in [2.45, 2.75) is 25.8 Å². The maximum atomic E-state index is 5.71.